The van der Waals surface area contributed by atoms with E-state index in [0.29, 0.717) is 6.42 Å². The van der Waals surface area contributed by atoms with Gasteiger partial charge in [-0.1, -0.05) is 32.8 Å². The Morgan fingerprint density at radius 1 is 1.30 bits per heavy atom. The van der Waals surface area contributed by atoms with Gasteiger partial charge in [0.05, 0.1) is 0 Å². The van der Waals surface area contributed by atoms with Crippen molar-refractivity contribution < 1.29 is 4.79 Å². The molecule has 0 aromatic heterocycles. The normalized spacial score (nSPS) is 22.3. The van der Waals surface area contributed by atoms with Gasteiger partial charge in [-0.2, -0.15) is 0 Å². The van der Waals surface area contributed by atoms with Gasteiger partial charge >= 0.3 is 0 Å². The molecular weight excluding hydrogens is 248 g/mol. The van der Waals surface area contributed by atoms with Gasteiger partial charge in [0.15, 0.2) is 0 Å². The summed E-state index contributed by atoms with van der Waals surface area (Å²) in [6.45, 7) is 5.25. The summed E-state index contributed by atoms with van der Waals surface area (Å²) in [5.41, 5.74) is 1.97. The van der Waals surface area contributed by atoms with E-state index in [1.807, 2.05) is 25.1 Å². The average molecular weight is 274 g/mol. The lowest BCUT2D eigenvalue weighted by molar-refractivity contribution is -0.115. The third-order valence-electron chi connectivity index (χ3n) is 4.11. The molecule has 0 spiro atoms. The fourth-order valence-corrected chi connectivity index (χ4v) is 2.96. The molecule has 0 aliphatic heterocycles. The molecule has 2 atom stereocenters. The molecule has 0 radical (unpaired) electrons. The summed E-state index contributed by atoms with van der Waals surface area (Å²) in [6.07, 6.45) is 5.93. The zero-order valence-electron chi connectivity index (χ0n) is 12.6. The molecule has 1 amide bonds. The van der Waals surface area contributed by atoms with Crippen LogP contribution in [0.2, 0.25) is 0 Å². The van der Waals surface area contributed by atoms with Crippen LogP contribution in [0.3, 0.4) is 0 Å². The van der Waals surface area contributed by atoms with Crippen molar-refractivity contribution in [1.82, 2.24) is 0 Å². The van der Waals surface area contributed by atoms with Gasteiger partial charge in [0.1, 0.15) is 0 Å². The molecular formula is C17H26N2O. The number of carbonyl (C=O) groups is 1. The minimum Gasteiger partial charge on any atom is -0.385 e. The molecule has 1 aromatic carbocycles. The lowest BCUT2D eigenvalue weighted by Gasteiger charge is -2.27. The molecule has 0 heterocycles. The number of rotatable bonds is 5. The largest absolute Gasteiger partial charge is 0.385 e. The molecule has 3 nitrogen and oxygen atoms in total. The number of hydrogen-bond acceptors (Lipinski definition) is 2. The highest BCUT2D eigenvalue weighted by molar-refractivity contribution is 5.90. The second-order valence-corrected chi connectivity index (χ2v) is 6.00. The Hall–Kier alpha value is -1.51. The molecule has 2 rings (SSSR count). The van der Waals surface area contributed by atoms with E-state index >= 15 is 0 Å². The van der Waals surface area contributed by atoms with Crippen molar-refractivity contribution in [2.75, 3.05) is 17.2 Å². The van der Waals surface area contributed by atoms with Gasteiger partial charge in [-0.05, 0) is 42.9 Å². The van der Waals surface area contributed by atoms with Gasteiger partial charge in [-0.3, -0.25) is 4.79 Å². The first kappa shape index (κ1) is 14.9. The Balaban J connectivity index is 1.86. The highest BCUT2D eigenvalue weighted by atomic mass is 16.1. The van der Waals surface area contributed by atoms with Gasteiger partial charge < -0.3 is 10.6 Å². The molecule has 1 aliphatic carbocycles. The van der Waals surface area contributed by atoms with Crippen LogP contribution in [0.1, 0.15) is 46.0 Å². The van der Waals surface area contributed by atoms with Gasteiger partial charge in [0.25, 0.3) is 0 Å². The van der Waals surface area contributed by atoms with Crippen LogP contribution in [-0.4, -0.2) is 12.5 Å². The number of amides is 1. The second-order valence-electron chi connectivity index (χ2n) is 6.00. The summed E-state index contributed by atoms with van der Waals surface area (Å²) < 4.78 is 0. The Morgan fingerprint density at radius 2 is 2.10 bits per heavy atom. The van der Waals surface area contributed by atoms with Crippen LogP contribution in [0.4, 0.5) is 11.4 Å². The SMILES string of the molecule is CCC(=O)Nc1cccc(NCC2CCCC(C)C2)c1. The van der Waals surface area contributed by atoms with Crippen molar-refractivity contribution in [3.05, 3.63) is 24.3 Å². The predicted molar refractivity (Wildman–Crippen MR) is 85.0 cm³/mol. The Morgan fingerprint density at radius 3 is 2.85 bits per heavy atom. The van der Waals surface area contributed by atoms with E-state index in [-0.39, 0.29) is 5.91 Å². The van der Waals surface area contributed by atoms with E-state index in [1.54, 1.807) is 0 Å². The lowest BCUT2D eigenvalue weighted by Crippen LogP contribution is -2.21. The summed E-state index contributed by atoms with van der Waals surface area (Å²) in [6, 6.07) is 7.99. The van der Waals surface area contributed by atoms with Crippen molar-refractivity contribution in [3.63, 3.8) is 0 Å². The monoisotopic (exact) mass is 274 g/mol. The summed E-state index contributed by atoms with van der Waals surface area (Å²) >= 11 is 0. The van der Waals surface area contributed by atoms with Crippen LogP contribution in [0.25, 0.3) is 0 Å². The molecule has 0 saturated heterocycles. The maximum atomic E-state index is 11.4. The molecule has 1 aromatic rings. The minimum atomic E-state index is 0.0586. The van der Waals surface area contributed by atoms with Crippen LogP contribution < -0.4 is 10.6 Å². The molecule has 1 aliphatic rings. The second kappa shape index (κ2) is 7.32. The number of anilines is 2. The first-order chi connectivity index (χ1) is 9.67. The molecule has 110 valence electrons. The van der Waals surface area contributed by atoms with Crippen LogP contribution in [-0.2, 0) is 4.79 Å². The molecule has 2 unspecified atom stereocenters. The number of benzene rings is 1. The molecule has 3 heteroatoms. The van der Waals surface area contributed by atoms with Gasteiger partial charge in [-0.25, -0.2) is 0 Å². The fourth-order valence-electron chi connectivity index (χ4n) is 2.96. The van der Waals surface area contributed by atoms with E-state index in [0.717, 1.165) is 29.8 Å². The van der Waals surface area contributed by atoms with Crippen LogP contribution in [0, 0.1) is 11.8 Å². The van der Waals surface area contributed by atoms with Gasteiger partial charge in [-0.15, -0.1) is 0 Å². The zero-order valence-corrected chi connectivity index (χ0v) is 12.6. The average Bonchev–Trinajstić information content (AvgIpc) is 2.45. The summed E-state index contributed by atoms with van der Waals surface area (Å²) in [4.78, 5) is 11.4. The van der Waals surface area contributed by atoms with E-state index in [9.17, 15) is 4.79 Å². The Kier molecular flexibility index (Phi) is 5.45. The summed E-state index contributed by atoms with van der Waals surface area (Å²) in [7, 11) is 0. The smallest absolute Gasteiger partial charge is 0.224 e. The third kappa shape index (κ3) is 4.55. The zero-order chi connectivity index (χ0) is 14.4. The lowest BCUT2D eigenvalue weighted by atomic mass is 9.82. The van der Waals surface area contributed by atoms with E-state index in [1.165, 1.54) is 25.7 Å². The van der Waals surface area contributed by atoms with E-state index in [4.69, 9.17) is 0 Å². The topological polar surface area (TPSA) is 41.1 Å². The van der Waals surface area contributed by atoms with Crippen molar-refractivity contribution in [1.29, 1.82) is 0 Å². The van der Waals surface area contributed by atoms with Gasteiger partial charge in [0.2, 0.25) is 5.91 Å². The molecule has 1 fully saturated rings. The van der Waals surface area contributed by atoms with Crippen LogP contribution in [0.15, 0.2) is 24.3 Å². The van der Waals surface area contributed by atoms with Crippen molar-refractivity contribution in [2.45, 2.75) is 46.0 Å². The fraction of sp³-hybridized carbons (Fsp3) is 0.588. The first-order valence-electron chi connectivity index (χ1n) is 7.81. The Bertz CT molecular complexity index is 444. The highest BCUT2D eigenvalue weighted by Gasteiger charge is 2.18. The predicted octanol–water partition coefficient (Wildman–Crippen LogP) is 4.27. The van der Waals surface area contributed by atoms with Crippen LogP contribution in [0.5, 0.6) is 0 Å². The van der Waals surface area contributed by atoms with Crippen molar-refractivity contribution >= 4 is 17.3 Å². The summed E-state index contributed by atoms with van der Waals surface area (Å²) in [5.74, 6) is 1.71. The standard InChI is InChI=1S/C17H26N2O/c1-3-17(20)19-16-9-5-8-15(11-16)18-12-14-7-4-6-13(2)10-14/h5,8-9,11,13-14,18H,3-4,6-7,10,12H2,1-2H3,(H,19,20). The van der Waals surface area contributed by atoms with Gasteiger partial charge in [0, 0.05) is 24.3 Å². The highest BCUT2D eigenvalue weighted by Crippen LogP contribution is 2.28. The summed E-state index contributed by atoms with van der Waals surface area (Å²) in [5, 5.41) is 6.41. The maximum absolute atomic E-state index is 11.4. The van der Waals surface area contributed by atoms with Crippen molar-refractivity contribution in [2.24, 2.45) is 11.8 Å². The quantitative estimate of drug-likeness (QED) is 0.841. The molecule has 20 heavy (non-hydrogen) atoms. The van der Waals surface area contributed by atoms with E-state index < -0.39 is 0 Å². The van der Waals surface area contributed by atoms with Crippen LogP contribution >= 0.6 is 0 Å². The number of nitrogens with one attached hydrogen (secondary N) is 2. The Labute approximate surface area is 122 Å². The third-order valence-corrected chi connectivity index (χ3v) is 4.11. The molecule has 2 N–H and O–H groups in total. The molecule has 1 saturated carbocycles. The number of hydrogen-bond donors (Lipinski definition) is 2. The minimum absolute atomic E-state index is 0.0586. The maximum Gasteiger partial charge on any atom is 0.224 e. The van der Waals surface area contributed by atoms with Crippen molar-refractivity contribution in [3.8, 4) is 0 Å². The number of carbonyl (C=O) groups excluding carboxylic acids is 1. The molecule has 0 bridgehead atoms. The van der Waals surface area contributed by atoms with E-state index in [2.05, 4.69) is 23.6 Å². The first-order valence-corrected chi connectivity index (χ1v) is 7.81.